The van der Waals surface area contributed by atoms with Gasteiger partial charge in [-0.2, -0.15) is 39.5 Å². The normalized spacial score (nSPS) is 15.5. The lowest BCUT2D eigenvalue weighted by atomic mass is 9.80. The molecule has 11 heteroatoms. The lowest BCUT2D eigenvalue weighted by Crippen LogP contribution is -2.57. The molecule has 0 aliphatic heterocycles. The Morgan fingerprint density at radius 3 is 1.71 bits per heavy atom. The van der Waals surface area contributed by atoms with Crippen molar-refractivity contribution in [1.29, 1.82) is 0 Å². The molecule has 0 nitrogen and oxygen atoms in total. The Labute approximate surface area is 138 Å². The van der Waals surface area contributed by atoms with Gasteiger partial charge in [0.25, 0.3) is 0 Å². The minimum absolute atomic E-state index is 0.0325. The molecule has 0 bridgehead atoms. The molecule has 137 valence electrons. The zero-order chi connectivity index (χ0) is 19.1. The lowest BCUT2D eigenvalue weighted by Gasteiger charge is -2.36. The molecule has 0 amide bonds. The summed E-state index contributed by atoms with van der Waals surface area (Å²) in [7, 11) is 0. The Morgan fingerprint density at radius 2 is 1.38 bits per heavy atom. The predicted molar refractivity (Wildman–Crippen MR) is 67.0 cm³/mol. The van der Waals surface area contributed by atoms with Gasteiger partial charge >= 0.3 is 24.2 Å². The van der Waals surface area contributed by atoms with E-state index in [2.05, 4.69) is 15.9 Å². The monoisotopic (exact) mass is 433 g/mol. The van der Waals surface area contributed by atoms with Crippen LogP contribution < -0.4 is 0 Å². The Kier molecular flexibility index (Phi) is 5.59. The van der Waals surface area contributed by atoms with Gasteiger partial charge in [0, 0.05) is 16.5 Å². The molecule has 1 radical (unpaired) electrons. The van der Waals surface area contributed by atoms with Crippen molar-refractivity contribution in [3.05, 3.63) is 33.8 Å². The van der Waals surface area contributed by atoms with Crippen LogP contribution in [-0.2, 0) is 6.18 Å². The van der Waals surface area contributed by atoms with Gasteiger partial charge in [-0.25, -0.2) is 4.39 Å². The van der Waals surface area contributed by atoms with Crippen LogP contribution in [0.5, 0.6) is 0 Å². The smallest absolute Gasteiger partial charge is 0.223 e. The highest BCUT2D eigenvalue weighted by molar-refractivity contribution is 9.10. The lowest BCUT2D eigenvalue weighted by molar-refractivity contribution is -0.349. The van der Waals surface area contributed by atoms with Crippen molar-refractivity contribution in [1.82, 2.24) is 0 Å². The Bertz CT molecular complexity index is 570. The topological polar surface area (TPSA) is 0 Å². The first-order valence-electron chi connectivity index (χ1n) is 6.18. The van der Waals surface area contributed by atoms with E-state index in [0.29, 0.717) is 6.07 Å². The molecule has 0 spiro atoms. The van der Waals surface area contributed by atoms with Gasteiger partial charge < -0.3 is 0 Å². The van der Waals surface area contributed by atoms with Crippen LogP contribution in [-0.4, -0.2) is 18.0 Å². The maximum absolute atomic E-state index is 14.2. The summed E-state index contributed by atoms with van der Waals surface area (Å²) in [6.45, 7) is 0.814. The SMILES string of the molecule is CCC(c1cc(Br)[c]c(C(F)(F)F)c1)C(F)(C(F)(F)F)C(F)(F)F. The quantitative estimate of drug-likeness (QED) is 0.471. The van der Waals surface area contributed by atoms with Gasteiger partial charge in [-0.05, 0) is 24.1 Å². The van der Waals surface area contributed by atoms with Crippen LogP contribution in [0.3, 0.4) is 0 Å². The van der Waals surface area contributed by atoms with Crippen molar-refractivity contribution in [2.75, 3.05) is 0 Å². The number of benzene rings is 1. The molecule has 0 saturated carbocycles. The van der Waals surface area contributed by atoms with Crippen LogP contribution in [0.4, 0.5) is 43.9 Å². The minimum atomic E-state index is -6.36. The second-order valence-corrected chi connectivity index (χ2v) is 5.70. The van der Waals surface area contributed by atoms with E-state index in [0.717, 1.165) is 6.92 Å². The summed E-state index contributed by atoms with van der Waals surface area (Å²) >= 11 is 2.53. The van der Waals surface area contributed by atoms with Crippen LogP contribution >= 0.6 is 15.9 Å². The Balaban J connectivity index is 3.64. The Morgan fingerprint density at radius 1 is 0.917 bits per heavy atom. The first-order valence-corrected chi connectivity index (χ1v) is 6.97. The summed E-state index contributed by atoms with van der Waals surface area (Å²) in [6.07, 6.45) is -18.8. The van der Waals surface area contributed by atoms with E-state index in [1.165, 1.54) is 0 Å². The van der Waals surface area contributed by atoms with Crippen molar-refractivity contribution in [3.63, 3.8) is 0 Å². The summed E-state index contributed by atoms with van der Waals surface area (Å²) in [5.41, 5.74) is -8.40. The average molecular weight is 434 g/mol. The van der Waals surface area contributed by atoms with Crippen molar-refractivity contribution in [3.8, 4) is 0 Å². The molecule has 0 heterocycles. The number of hydrogen-bond acceptors (Lipinski definition) is 0. The van der Waals surface area contributed by atoms with Crippen molar-refractivity contribution in [2.45, 2.75) is 43.5 Å². The molecule has 1 unspecified atom stereocenters. The molecule has 0 N–H and O–H groups in total. The molecule has 0 aliphatic carbocycles. The number of halogens is 11. The van der Waals surface area contributed by atoms with Gasteiger partial charge in [-0.3, -0.25) is 0 Å². The molecule has 0 fully saturated rings. The molecular formula is C13H8BrF10. The Hall–Kier alpha value is -1.00. The summed E-state index contributed by atoms with van der Waals surface area (Å²) in [5, 5.41) is 0. The number of hydrogen-bond donors (Lipinski definition) is 0. The zero-order valence-corrected chi connectivity index (χ0v) is 13.2. The third kappa shape index (κ3) is 3.80. The van der Waals surface area contributed by atoms with Crippen LogP contribution in [0, 0.1) is 6.07 Å². The number of alkyl halides is 10. The molecule has 1 aromatic rings. The van der Waals surface area contributed by atoms with Crippen molar-refractivity contribution >= 4 is 15.9 Å². The van der Waals surface area contributed by atoms with Gasteiger partial charge in [-0.1, -0.05) is 22.9 Å². The first kappa shape index (κ1) is 21.0. The summed E-state index contributed by atoms with van der Waals surface area (Å²) < 4.78 is 129. The zero-order valence-electron chi connectivity index (χ0n) is 11.6. The van der Waals surface area contributed by atoms with Crippen LogP contribution in [0.1, 0.15) is 30.4 Å². The average Bonchev–Trinajstić information content (AvgIpc) is 2.35. The van der Waals surface area contributed by atoms with E-state index >= 15 is 0 Å². The fourth-order valence-electron chi connectivity index (χ4n) is 2.21. The molecule has 0 aliphatic rings. The second-order valence-electron chi connectivity index (χ2n) is 4.84. The van der Waals surface area contributed by atoms with Gasteiger partial charge in [0.05, 0.1) is 5.56 Å². The summed E-state index contributed by atoms with van der Waals surface area (Å²) in [5.74, 6) is -2.91. The molecular weight excluding hydrogens is 426 g/mol. The van der Waals surface area contributed by atoms with E-state index in [1.54, 1.807) is 6.07 Å². The largest absolute Gasteiger partial charge is 0.432 e. The van der Waals surface area contributed by atoms with E-state index in [1.807, 2.05) is 0 Å². The van der Waals surface area contributed by atoms with Crippen LogP contribution in [0.15, 0.2) is 16.6 Å². The van der Waals surface area contributed by atoms with Crippen molar-refractivity contribution in [2.24, 2.45) is 0 Å². The van der Waals surface area contributed by atoms with E-state index in [9.17, 15) is 43.9 Å². The fourth-order valence-corrected chi connectivity index (χ4v) is 2.69. The van der Waals surface area contributed by atoms with Crippen molar-refractivity contribution < 1.29 is 43.9 Å². The maximum Gasteiger partial charge on any atom is 0.432 e. The first-order chi connectivity index (χ1) is 10.6. The highest BCUT2D eigenvalue weighted by atomic mass is 79.9. The maximum atomic E-state index is 14.2. The molecule has 1 atom stereocenters. The predicted octanol–water partition coefficient (Wildman–Crippen LogP) is 6.59. The molecule has 1 rings (SSSR count). The van der Waals surface area contributed by atoms with Gasteiger partial charge in [-0.15, -0.1) is 0 Å². The van der Waals surface area contributed by atoms with Crippen LogP contribution in [0.2, 0.25) is 0 Å². The molecule has 0 aromatic heterocycles. The van der Waals surface area contributed by atoms with Gasteiger partial charge in [0.2, 0.25) is 0 Å². The highest BCUT2D eigenvalue weighted by Crippen LogP contribution is 2.55. The van der Waals surface area contributed by atoms with E-state index in [4.69, 9.17) is 0 Å². The molecule has 0 saturated heterocycles. The minimum Gasteiger partial charge on any atom is -0.223 e. The van der Waals surface area contributed by atoms with E-state index < -0.39 is 52.1 Å². The third-order valence-corrected chi connectivity index (χ3v) is 3.71. The van der Waals surface area contributed by atoms with Crippen LogP contribution in [0.25, 0.3) is 0 Å². The van der Waals surface area contributed by atoms with E-state index in [-0.39, 0.29) is 6.07 Å². The second kappa shape index (κ2) is 6.38. The molecule has 1 aromatic carbocycles. The third-order valence-electron chi connectivity index (χ3n) is 3.28. The summed E-state index contributed by atoms with van der Waals surface area (Å²) in [6, 6.07) is 2.29. The van der Waals surface area contributed by atoms with Gasteiger partial charge in [0.15, 0.2) is 0 Å². The highest BCUT2D eigenvalue weighted by Gasteiger charge is 2.75. The number of rotatable bonds is 3. The summed E-state index contributed by atoms with van der Waals surface area (Å²) in [4.78, 5) is 0. The molecule has 24 heavy (non-hydrogen) atoms. The standard InChI is InChI=1S/C13H8BrF10/c1-2-9(10(15,12(19,20)21)13(22,23)24)6-3-7(11(16,17)18)5-8(14)4-6/h3-4,9H,2H2,1H3. The van der Waals surface area contributed by atoms with Gasteiger partial charge in [0.1, 0.15) is 0 Å². The fraction of sp³-hybridized carbons (Fsp3) is 0.538.